The van der Waals surface area contributed by atoms with Crippen LogP contribution < -0.4 is 10.6 Å². The van der Waals surface area contributed by atoms with Gasteiger partial charge >= 0.3 is 6.03 Å². The van der Waals surface area contributed by atoms with Gasteiger partial charge in [-0.1, -0.05) is 24.3 Å². The van der Waals surface area contributed by atoms with Crippen LogP contribution in [0.5, 0.6) is 0 Å². The van der Waals surface area contributed by atoms with Crippen molar-refractivity contribution in [3.05, 3.63) is 35.4 Å². The maximum atomic E-state index is 12.0. The number of rotatable bonds is 7. The van der Waals surface area contributed by atoms with E-state index in [2.05, 4.69) is 29.7 Å². The molecular weight excluding hydrogens is 264 g/mol. The molecule has 0 aliphatic rings. The van der Waals surface area contributed by atoms with Crippen LogP contribution >= 0.6 is 0 Å². The van der Waals surface area contributed by atoms with Gasteiger partial charge in [-0.15, -0.1) is 0 Å². The molecule has 0 bridgehead atoms. The molecule has 0 fully saturated rings. The van der Waals surface area contributed by atoms with Gasteiger partial charge in [0.25, 0.3) is 0 Å². The number of carbonyl (C=O) groups excluding carboxylic acids is 1. The second-order valence-electron chi connectivity index (χ2n) is 6.35. The summed E-state index contributed by atoms with van der Waals surface area (Å²) in [7, 11) is 0. The van der Waals surface area contributed by atoms with E-state index in [4.69, 9.17) is 5.11 Å². The molecule has 4 nitrogen and oxygen atoms in total. The molecule has 0 spiro atoms. The van der Waals surface area contributed by atoms with Crippen molar-refractivity contribution in [3.8, 4) is 0 Å². The first-order valence-corrected chi connectivity index (χ1v) is 7.58. The Bertz CT molecular complexity index is 458. The van der Waals surface area contributed by atoms with Gasteiger partial charge in [-0.2, -0.15) is 0 Å². The standard InChI is InChI=1S/C17H28N2O2/c1-13-8-5-6-10-15(13)12-17(3,4)19-16(21)18-14(2)9-7-11-20/h5-6,8,10,14,20H,7,9,11-12H2,1-4H3,(H2,18,19,21). The van der Waals surface area contributed by atoms with Gasteiger partial charge in [-0.25, -0.2) is 4.79 Å². The normalized spacial score (nSPS) is 12.8. The Morgan fingerprint density at radius 3 is 2.62 bits per heavy atom. The number of aliphatic hydroxyl groups is 1. The third kappa shape index (κ3) is 6.63. The van der Waals surface area contributed by atoms with Gasteiger partial charge in [-0.3, -0.25) is 0 Å². The summed E-state index contributed by atoms with van der Waals surface area (Å²) in [5, 5.41) is 14.7. The number of benzene rings is 1. The molecule has 0 radical (unpaired) electrons. The van der Waals surface area contributed by atoms with Gasteiger partial charge in [0.15, 0.2) is 0 Å². The van der Waals surface area contributed by atoms with E-state index in [1.54, 1.807) is 0 Å². The zero-order chi connectivity index (χ0) is 15.9. The van der Waals surface area contributed by atoms with Crippen LogP contribution in [-0.4, -0.2) is 29.3 Å². The fourth-order valence-electron chi connectivity index (χ4n) is 2.37. The SMILES string of the molecule is Cc1ccccc1CC(C)(C)NC(=O)NC(C)CCCO. The topological polar surface area (TPSA) is 61.4 Å². The number of hydrogen-bond donors (Lipinski definition) is 3. The fraction of sp³-hybridized carbons (Fsp3) is 0.588. The van der Waals surface area contributed by atoms with Crippen LogP contribution in [0.4, 0.5) is 4.79 Å². The highest BCUT2D eigenvalue weighted by atomic mass is 16.3. The van der Waals surface area contributed by atoms with Crippen molar-refractivity contribution in [2.45, 2.75) is 58.5 Å². The number of urea groups is 1. The van der Waals surface area contributed by atoms with Gasteiger partial charge in [-0.05, 0) is 58.1 Å². The predicted molar refractivity (Wildman–Crippen MR) is 86.4 cm³/mol. The van der Waals surface area contributed by atoms with Crippen molar-refractivity contribution >= 4 is 6.03 Å². The predicted octanol–water partition coefficient (Wildman–Crippen LogP) is 2.78. The Morgan fingerprint density at radius 2 is 2.00 bits per heavy atom. The summed E-state index contributed by atoms with van der Waals surface area (Å²) in [5.74, 6) is 0. The molecule has 1 aromatic rings. The van der Waals surface area contributed by atoms with Crippen LogP contribution in [-0.2, 0) is 6.42 Å². The van der Waals surface area contributed by atoms with Crippen LogP contribution in [0.2, 0.25) is 0 Å². The molecule has 0 aliphatic carbocycles. The molecule has 2 amide bonds. The molecule has 4 heteroatoms. The van der Waals surface area contributed by atoms with Gasteiger partial charge < -0.3 is 15.7 Å². The van der Waals surface area contributed by atoms with Crippen LogP contribution in [0.25, 0.3) is 0 Å². The maximum absolute atomic E-state index is 12.0. The van der Waals surface area contributed by atoms with E-state index in [0.717, 1.165) is 12.8 Å². The summed E-state index contributed by atoms with van der Waals surface area (Å²) in [6.07, 6.45) is 2.27. The first kappa shape index (κ1) is 17.5. The molecule has 0 heterocycles. The highest BCUT2D eigenvalue weighted by Crippen LogP contribution is 2.16. The third-order valence-electron chi connectivity index (χ3n) is 3.52. The molecule has 1 aromatic carbocycles. The summed E-state index contributed by atoms with van der Waals surface area (Å²) in [5.41, 5.74) is 2.17. The third-order valence-corrected chi connectivity index (χ3v) is 3.52. The van der Waals surface area contributed by atoms with Gasteiger partial charge in [0, 0.05) is 18.2 Å². The van der Waals surface area contributed by atoms with Crippen molar-refractivity contribution in [1.82, 2.24) is 10.6 Å². The van der Waals surface area contributed by atoms with E-state index < -0.39 is 0 Å². The fourth-order valence-corrected chi connectivity index (χ4v) is 2.37. The molecule has 118 valence electrons. The van der Waals surface area contributed by atoms with Gasteiger partial charge in [0.05, 0.1) is 0 Å². The van der Waals surface area contributed by atoms with E-state index in [1.807, 2.05) is 32.9 Å². The minimum Gasteiger partial charge on any atom is -0.396 e. The van der Waals surface area contributed by atoms with Crippen LogP contribution in [0.3, 0.4) is 0 Å². The molecule has 0 aliphatic heterocycles. The number of carbonyl (C=O) groups is 1. The summed E-state index contributed by atoms with van der Waals surface area (Å²) < 4.78 is 0. The molecule has 1 unspecified atom stereocenters. The van der Waals surface area contributed by atoms with E-state index in [-0.39, 0.29) is 24.2 Å². The Kier molecular flexibility index (Phi) is 6.69. The first-order valence-electron chi connectivity index (χ1n) is 7.58. The number of aryl methyl sites for hydroxylation is 1. The van der Waals surface area contributed by atoms with Crippen molar-refractivity contribution in [2.24, 2.45) is 0 Å². The summed E-state index contributed by atoms with van der Waals surface area (Å²) in [6, 6.07) is 8.14. The van der Waals surface area contributed by atoms with Gasteiger partial charge in [0.1, 0.15) is 0 Å². The van der Waals surface area contributed by atoms with Crippen molar-refractivity contribution < 1.29 is 9.90 Å². The minimum absolute atomic E-state index is 0.0615. The van der Waals surface area contributed by atoms with E-state index in [0.29, 0.717) is 6.42 Å². The van der Waals surface area contributed by atoms with Crippen LogP contribution in [0, 0.1) is 6.92 Å². The highest BCUT2D eigenvalue weighted by Gasteiger charge is 2.22. The van der Waals surface area contributed by atoms with Crippen LogP contribution in [0.1, 0.15) is 44.7 Å². The summed E-state index contributed by atoms with van der Waals surface area (Å²) in [4.78, 5) is 12.0. The van der Waals surface area contributed by atoms with E-state index in [1.165, 1.54) is 11.1 Å². The molecule has 0 saturated heterocycles. The average Bonchev–Trinajstić information content (AvgIpc) is 2.38. The number of hydrogen-bond acceptors (Lipinski definition) is 2. The lowest BCUT2D eigenvalue weighted by molar-refractivity contribution is 0.223. The average molecular weight is 292 g/mol. The molecule has 1 rings (SSSR count). The molecular formula is C17H28N2O2. The van der Waals surface area contributed by atoms with E-state index >= 15 is 0 Å². The molecule has 21 heavy (non-hydrogen) atoms. The largest absolute Gasteiger partial charge is 0.396 e. The second kappa shape index (κ2) is 8.03. The smallest absolute Gasteiger partial charge is 0.315 e. The van der Waals surface area contributed by atoms with Crippen molar-refractivity contribution in [3.63, 3.8) is 0 Å². The Hall–Kier alpha value is -1.55. The summed E-state index contributed by atoms with van der Waals surface area (Å²) in [6.45, 7) is 8.24. The summed E-state index contributed by atoms with van der Waals surface area (Å²) >= 11 is 0. The highest BCUT2D eigenvalue weighted by molar-refractivity contribution is 5.75. The zero-order valence-corrected chi connectivity index (χ0v) is 13.6. The lowest BCUT2D eigenvalue weighted by Gasteiger charge is -2.28. The van der Waals surface area contributed by atoms with Gasteiger partial charge in [0.2, 0.25) is 0 Å². The first-order chi connectivity index (χ1) is 9.84. The zero-order valence-electron chi connectivity index (χ0n) is 13.6. The Morgan fingerprint density at radius 1 is 1.33 bits per heavy atom. The molecule has 0 aromatic heterocycles. The van der Waals surface area contributed by atoms with Crippen molar-refractivity contribution in [2.75, 3.05) is 6.61 Å². The number of amides is 2. The molecule has 3 N–H and O–H groups in total. The lowest BCUT2D eigenvalue weighted by Crippen LogP contribution is -2.51. The van der Waals surface area contributed by atoms with Crippen molar-refractivity contribution in [1.29, 1.82) is 0 Å². The molecule has 0 saturated carbocycles. The maximum Gasteiger partial charge on any atom is 0.315 e. The Labute approximate surface area is 128 Å². The lowest BCUT2D eigenvalue weighted by atomic mass is 9.92. The second-order valence-corrected chi connectivity index (χ2v) is 6.35. The monoisotopic (exact) mass is 292 g/mol. The quantitative estimate of drug-likeness (QED) is 0.723. The number of nitrogens with one attached hydrogen (secondary N) is 2. The molecule has 1 atom stereocenters. The van der Waals surface area contributed by atoms with E-state index in [9.17, 15) is 4.79 Å². The number of aliphatic hydroxyl groups excluding tert-OH is 1. The Balaban J connectivity index is 2.51. The van der Waals surface area contributed by atoms with Crippen LogP contribution in [0.15, 0.2) is 24.3 Å². The minimum atomic E-state index is -0.313.